The van der Waals surface area contributed by atoms with Crippen LogP contribution >= 0.6 is 15.9 Å². The van der Waals surface area contributed by atoms with Crippen molar-refractivity contribution in [3.63, 3.8) is 0 Å². The van der Waals surface area contributed by atoms with Gasteiger partial charge in [0, 0.05) is 17.4 Å². The summed E-state index contributed by atoms with van der Waals surface area (Å²) in [5.74, 6) is 0.769. The number of hydrogen-bond acceptors (Lipinski definition) is 3. The van der Waals surface area contributed by atoms with Crippen LogP contribution in [-0.4, -0.2) is 27.6 Å². The van der Waals surface area contributed by atoms with Gasteiger partial charge >= 0.3 is 0 Å². The molecule has 1 amide bonds. The minimum atomic E-state index is -0.0694. The number of hydrogen-bond donors (Lipinski definition) is 2. The Morgan fingerprint density at radius 2 is 2.22 bits per heavy atom. The van der Waals surface area contributed by atoms with E-state index < -0.39 is 0 Å². The van der Waals surface area contributed by atoms with Gasteiger partial charge in [-0.25, -0.2) is 4.98 Å². The first-order valence-corrected chi connectivity index (χ1v) is 6.43. The Morgan fingerprint density at radius 1 is 1.39 bits per heavy atom. The molecule has 0 saturated heterocycles. The van der Waals surface area contributed by atoms with Gasteiger partial charge in [-0.2, -0.15) is 5.10 Å². The zero-order valence-corrected chi connectivity index (χ0v) is 11.3. The maximum absolute atomic E-state index is 11.8. The predicted octanol–water partition coefficient (Wildman–Crippen LogP) is 1.93. The van der Waals surface area contributed by atoms with Gasteiger partial charge in [0.2, 0.25) is 0 Å². The summed E-state index contributed by atoms with van der Waals surface area (Å²) in [6.45, 7) is 0.612. The van der Waals surface area contributed by atoms with Gasteiger partial charge in [-0.3, -0.25) is 9.89 Å². The molecule has 94 valence electrons. The Balaban J connectivity index is 1.77. The van der Waals surface area contributed by atoms with Crippen molar-refractivity contribution >= 4 is 21.8 Å². The van der Waals surface area contributed by atoms with E-state index in [1.807, 2.05) is 18.2 Å². The van der Waals surface area contributed by atoms with E-state index in [4.69, 9.17) is 0 Å². The number of amides is 1. The number of nitrogens with zero attached hydrogens (tertiary/aromatic N) is 2. The van der Waals surface area contributed by atoms with E-state index in [9.17, 15) is 4.79 Å². The number of rotatable bonds is 5. The molecule has 1 heterocycles. The van der Waals surface area contributed by atoms with Crippen LogP contribution in [0.2, 0.25) is 0 Å². The molecular formula is C12H13BrN4O. The number of H-pyrrole nitrogens is 1. The Kier molecular flexibility index (Phi) is 4.46. The van der Waals surface area contributed by atoms with Crippen molar-refractivity contribution in [2.24, 2.45) is 0 Å². The van der Waals surface area contributed by atoms with E-state index >= 15 is 0 Å². The van der Waals surface area contributed by atoms with Crippen LogP contribution < -0.4 is 5.32 Å². The maximum atomic E-state index is 11.8. The topological polar surface area (TPSA) is 70.7 Å². The van der Waals surface area contributed by atoms with Gasteiger partial charge in [0.1, 0.15) is 12.2 Å². The molecule has 5 nitrogen and oxygen atoms in total. The molecule has 0 fully saturated rings. The lowest BCUT2D eigenvalue weighted by Crippen LogP contribution is -2.25. The zero-order valence-electron chi connectivity index (χ0n) is 9.69. The number of aromatic nitrogens is 3. The molecule has 0 aliphatic rings. The van der Waals surface area contributed by atoms with Gasteiger partial charge in [-0.05, 0) is 34.5 Å². The molecular weight excluding hydrogens is 296 g/mol. The first-order chi connectivity index (χ1) is 8.77. The van der Waals surface area contributed by atoms with Crippen LogP contribution in [0.1, 0.15) is 22.6 Å². The third-order valence-corrected chi connectivity index (χ3v) is 3.15. The second kappa shape index (κ2) is 6.30. The fourth-order valence-electron chi connectivity index (χ4n) is 1.55. The number of halogens is 1. The molecule has 1 aromatic heterocycles. The van der Waals surface area contributed by atoms with Crippen molar-refractivity contribution in [3.8, 4) is 0 Å². The summed E-state index contributed by atoms with van der Waals surface area (Å²) >= 11 is 3.35. The highest BCUT2D eigenvalue weighted by molar-refractivity contribution is 9.10. The van der Waals surface area contributed by atoms with Crippen LogP contribution in [0.3, 0.4) is 0 Å². The number of carbonyl (C=O) groups excluding carboxylic acids is 1. The fourth-order valence-corrected chi connectivity index (χ4v) is 2.01. The molecule has 18 heavy (non-hydrogen) atoms. The van der Waals surface area contributed by atoms with Crippen molar-refractivity contribution in [3.05, 3.63) is 46.5 Å². The van der Waals surface area contributed by atoms with E-state index in [2.05, 4.69) is 36.4 Å². The van der Waals surface area contributed by atoms with Crippen LogP contribution in [0.15, 0.2) is 35.1 Å². The summed E-state index contributed by atoms with van der Waals surface area (Å²) < 4.78 is 0.803. The Morgan fingerprint density at radius 3 is 2.94 bits per heavy atom. The van der Waals surface area contributed by atoms with Crippen LogP contribution in [0.25, 0.3) is 0 Å². The first kappa shape index (κ1) is 12.8. The summed E-state index contributed by atoms with van der Waals surface area (Å²) in [5.41, 5.74) is 0.650. The monoisotopic (exact) mass is 308 g/mol. The van der Waals surface area contributed by atoms with Gasteiger partial charge in [0.25, 0.3) is 5.91 Å². The second-order valence-electron chi connectivity index (χ2n) is 3.77. The fraction of sp³-hybridized carbons (Fsp3) is 0.250. The average molecular weight is 309 g/mol. The Bertz CT molecular complexity index is 513. The lowest BCUT2D eigenvalue weighted by atomic mass is 10.2. The quantitative estimate of drug-likeness (QED) is 0.829. The summed E-state index contributed by atoms with van der Waals surface area (Å²) in [6.07, 6.45) is 3.08. The van der Waals surface area contributed by atoms with Gasteiger partial charge in [0.15, 0.2) is 0 Å². The van der Waals surface area contributed by atoms with Gasteiger partial charge in [-0.1, -0.05) is 12.1 Å². The standard InChI is InChI=1S/C12H13BrN4O/c13-10-5-2-1-4-9(10)12(18)14-7-3-6-11-15-8-16-17-11/h1-2,4-5,8H,3,6-7H2,(H,14,18)(H,15,16,17). The molecule has 0 saturated carbocycles. The summed E-state index contributed by atoms with van der Waals surface area (Å²) in [6, 6.07) is 7.36. The lowest BCUT2D eigenvalue weighted by Gasteiger charge is -2.05. The van der Waals surface area contributed by atoms with Gasteiger partial charge in [0.05, 0.1) is 5.56 Å². The molecule has 0 atom stereocenters. The molecule has 2 aromatic rings. The SMILES string of the molecule is O=C(NCCCc1ncn[nH]1)c1ccccc1Br. The number of carbonyl (C=O) groups is 1. The molecule has 0 bridgehead atoms. The van der Waals surface area contributed by atoms with E-state index in [1.165, 1.54) is 6.33 Å². The van der Waals surface area contributed by atoms with Crippen molar-refractivity contribution in [2.45, 2.75) is 12.8 Å². The molecule has 0 spiro atoms. The van der Waals surface area contributed by atoms with Crippen LogP contribution in [0, 0.1) is 0 Å². The Labute approximate surface area is 113 Å². The molecule has 0 radical (unpaired) electrons. The van der Waals surface area contributed by atoms with Crippen molar-refractivity contribution in [2.75, 3.05) is 6.54 Å². The minimum Gasteiger partial charge on any atom is -0.352 e. The molecule has 0 aliphatic heterocycles. The lowest BCUT2D eigenvalue weighted by molar-refractivity contribution is 0.0952. The first-order valence-electron chi connectivity index (χ1n) is 5.64. The smallest absolute Gasteiger partial charge is 0.252 e. The van der Waals surface area contributed by atoms with Crippen LogP contribution in [0.5, 0.6) is 0 Å². The van der Waals surface area contributed by atoms with E-state index in [0.29, 0.717) is 12.1 Å². The van der Waals surface area contributed by atoms with Gasteiger partial charge in [-0.15, -0.1) is 0 Å². The van der Waals surface area contributed by atoms with Crippen molar-refractivity contribution < 1.29 is 4.79 Å². The highest BCUT2D eigenvalue weighted by Gasteiger charge is 2.07. The minimum absolute atomic E-state index is 0.0694. The summed E-state index contributed by atoms with van der Waals surface area (Å²) in [4.78, 5) is 15.9. The highest BCUT2D eigenvalue weighted by Crippen LogP contribution is 2.15. The number of aromatic amines is 1. The zero-order chi connectivity index (χ0) is 12.8. The normalized spacial score (nSPS) is 10.3. The average Bonchev–Trinajstić information content (AvgIpc) is 2.88. The van der Waals surface area contributed by atoms with E-state index in [0.717, 1.165) is 23.1 Å². The number of nitrogens with one attached hydrogen (secondary N) is 2. The second-order valence-corrected chi connectivity index (χ2v) is 4.63. The van der Waals surface area contributed by atoms with Crippen molar-refractivity contribution in [1.82, 2.24) is 20.5 Å². The van der Waals surface area contributed by atoms with Crippen LogP contribution in [0.4, 0.5) is 0 Å². The highest BCUT2D eigenvalue weighted by atomic mass is 79.9. The molecule has 2 N–H and O–H groups in total. The molecule has 0 unspecified atom stereocenters. The summed E-state index contributed by atoms with van der Waals surface area (Å²) in [7, 11) is 0. The summed E-state index contributed by atoms with van der Waals surface area (Å²) in [5, 5.41) is 9.42. The third-order valence-electron chi connectivity index (χ3n) is 2.46. The third kappa shape index (κ3) is 3.40. The van der Waals surface area contributed by atoms with E-state index in [1.54, 1.807) is 6.07 Å². The molecule has 6 heteroatoms. The number of aryl methyl sites for hydroxylation is 1. The van der Waals surface area contributed by atoms with Gasteiger partial charge < -0.3 is 5.32 Å². The van der Waals surface area contributed by atoms with E-state index in [-0.39, 0.29) is 5.91 Å². The maximum Gasteiger partial charge on any atom is 0.252 e. The number of benzene rings is 1. The molecule has 2 rings (SSSR count). The largest absolute Gasteiger partial charge is 0.352 e. The van der Waals surface area contributed by atoms with Crippen LogP contribution in [-0.2, 0) is 6.42 Å². The molecule has 0 aliphatic carbocycles. The van der Waals surface area contributed by atoms with Crippen molar-refractivity contribution in [1.29, 1.82) is 0 Å². The molecule has 1 aromatic carbocycles. The Hall–Kier alpha value is -1.69. The predicted molar refractivity (Wildman–Crippen MR) is 71.2 cm³/mol.